The number of methoxy groups -OCH3 is 1. The summed E-state index contributed by atoms with van der Waals surface area (Å²) < 4.78 is 5.20. The molecule has 0 unspecified atom stereocenters. The quantitative estimate of drug-likeness (QED) is 0.617. The molecule has 2 rings (SSSR count). The highest BCUT2D eigenvalue weighted by Crippen LogP contribution is 2.13. The number of rotatable bonds is 7. The van der Waals surface area contributed by atoms with Crippen LogP contribution in [0, 0.1) is 0 Å². The fourth-order valence-corrected chi connectivity index (χ4v) is 3.03. The summed E-state index contributed by atoms with van der Waals surface area (Å²) in [7, 11) is 3.73. The summed E-state index contributed by atoms with van der Waals surface area (Å²) in [5, 5.41) is 6.60. The summed E-state index contributed by atoms with van der Waals surface area (Å²) >= 11 is 1.70. The molecule has 0 amide bonds. The molecule has 0 aliphatic rings. The number of nitrogens with zero attached hydrogens (tertiary/aromatic N) is 3. The Bertz CT molecular complexity index is 651. The van der Waals surface area contributed by atoms with Crippen molar-refractivity contribution in [3.05, 3.63) is 45.9 Å². The van der Waals surface area contributed by atoms with E-state index in [-0.39, 0.29) is 0 Å². The minimum Gasteiger partial charge on any atom is -0.497 e. The molecule has 0 atom stereocenters. The van der Waals surface area contributed by atoms with Crippen molar-refractivity contribution in [2.45, 2.75) is 33.4 Å². The maximum Gasteiger partial charge on any atom is 0.194 e. The van der Waals surface area contributed by atoms with Crippen LogP contribution in [0.4, 0.5) is 0 Å². The molecule has 0 radical (unpaired) electrons. The first-order valence-corrected chi connectivity index (χ1v) is 9.09. The predicted molar refractivity (Wildman–Crippen MR) is 101 cm³/mol. The first kappa shape index (κ1) is 18.3. The monoisotopic (exact) mass is 346 g/mol. The van der Waals surface area contributed by atoms with Gasteiger partial charge in [-0.2, -0.15) is 0 Å². The number of nitrogens with one attached hydrogen (secondary N) is 1. The molecular weight excluding hydrogens is 320 g/mol. The zero-order chi connectivity index (χ0) is 17.4. The molecule has 130 valence electrons. The molecule has 5 nitrogen and oxygen atoms in total. The molecule has 0 spiro atoms. The van der Waals surface area contributed by atoms with Gasteiger partial charge in [0.25, 0.3) is 0 Å². The first-order valence-electron chi connectivity index (χ1n) is 8.21. The third-order valence-electron chi connectivity index (χ3n) is 3.57. The lowest BCUT2D eigenvalue weighted by Gasteiger charge is -2.22. The second-order valence-electron chi connectivity index (χ2n) is 5.46. The van der Waals surface area contributed by atoms with E-state index in [1.165, 1.54) is 5.56 Å². The minimum absolute atomic E-state index is 0.603. The molecule has 0 fully saturated rings. The van der Waals surface area contributed by atoms with Gasteiger partial charge in [-0.15, -0.1) is 11.3 Å². The minimum atomic E-state index is 0.603. The second kappa shape index (κ2) is 9.27. The number of hydrogen-bond donors (Lipinski definition) is 1. The van der Waals surface area contributed by atoms with Gasteiger partial charge in [-0.3, -0.25) is 0 Å². The Balaban J connectivity index is 2.02. The van der Waals surface area contributed by atoms with Crippen LogP contribution in [0.5, 0.6) is 5.75 Å². The number of aromatic nitrogens is 1. The average Bonchev–Trinajstić information content (AvgIpc) is 3.07. The molecule has 0 bridgehead atoms. The van der Waals surface area contributed by atoms with Crippen LogP contribution in [-0.4, -0.2) is 36.5 Å². The van der Waals surface area contributed by atoms with E-state index in [1.54, 1.807) is 18.4 Å². The Hall–Kier alpha value is -2.08. The van der Waals surface area contributed by atoms with Crippen LogP contribution in [0.1, 0.15) is 30.1 Å². The molecule has 1 N–H and O–H groups in total. The van der Waals surface area contributed by atoms with Crippen molar-refractivity contribution in [1.29, 1.82) is 0 Å². The molecule has 0 aliphatic carbocycles. The maximum absolute atomic E-state index is 5.20. The van der Waals surface area contributed by atoms with E-state index in [0.29, 0.717) is 6.54 Å². The summed E-state index contributed by atoms with van der Waals surface area (Å²) in [6.07, 6.45) is 0.978. The van der Waals surface area contributed by atoms with Crippen molar-refractivity contribution in [2.75, 3.05) is 20.7 Å². The van der Waals surface area contributed by atoms with Gasteiger partial charge < -0.3 is 15.0 Å². The Morgan fingerprint density at radius 2 is 2.04 bits per heavy atom. The lowest BCUT2D eigenvalue weighted by Crippen LogP contribution is -2.38. The highest BCUT2D eigenvalue weighted by molar-refractivity contribution is 7.09. The van der Waals surface area contributed by atoms with Gasteiger partial charge in [-0.05, 0) is 31.0 Å². The predicted octanol–water partition coefficient (Wildman–Crippen LogP) is 3.31. The normalized spacial score (nSPS) is 11.4. The van der Waals surface area contributed by atoms with Gasteiger partial charge in [-0.1, -0.05) is 19.1 Å². The van der Waals surface area contributed by atoms with Crippen LogP contribution in [0.15, 0.2) is 34.6 Å². The van der Waals surface area contributed by atoms with E-state index in [1.807, 2.05) is 19.2 Å². The van der Waals surface area contributed by atoms with Crippen LogP contribution in [0.3, 0.4) is 0 Å². The number of aryl methyl sites for hydroxylation is 1. The highest BCUT2D eigenvalue weighted by Gasteiger charge is 2.07. The number of guanidine groups is 1. The standard InChI is InChI=1S/C18H26N4OS/c1-5-17-21-15(13-24-17)11-20-18(19-6-2)22(3)12-14-7-9-16(23-4)10-8-14/h7-10,13H,5-6,11-12H2,1-4H3,(H,19,20). The number of benzene rings is 1. The molecular formula is C18H26N4OS. The summed E-state index contributed by atoms with van der Waals surface area (Å²) in [5.41, 5.74) is 2.25. The van der Waals surface area contributed by atoms with Crippen molar-refractivity contribution in [1.82, 2.24) is 15.2 Å². The van der Waals surface area contributed by atoms with E-state index >= 15 is 0 Å². The summed E-state index contributed by atoms with van der Waals surface area (Å²) in [4.78, 5) is 11.4. The van der Waals surface area contributed by atoms with E-state index in [2.05, 4.69) is 46.6 Å². The smallest absolute Gasteiger partial charge is 0.194 e. The largest absolute Gasteiger partial charge is 0.497 e. The Morgan fingerprint density at radius 1 is 1.29 bits per heavy atom. The first-order chi connectivity index (χ1) is 11.7. The molecule has 0 saturated carbocycles. The van der Waals surface area contributed by atoms with Crippen molar-refractivity contribution in [2.24, 2.45) is 4.99 Å². The molecule has 24 heavy (non-hydrogen) atoms. The van der Waals surface area contributed by atoms with Gasteiger partial charge in [0.15, 0.2) is 5.96 Å². The lowest BCUT2D eigenvalue weighted by atomic mass is 10.2. The molecule has 0 aliphatic heterocycles. The summed E-state index contributed by atoms with van der Waals surface area (Å²) in [6.45, 7) is 6.43. The zero-order valence-corrected chi connectivity index (χ0v) is 15.7. The molecule has 6 heteroatoms. The Labute approximate surface area is 148 Å². The van der Waals surface area contributed by atoms with Gasteiger partial charge in [0.2, 0.25) is 0 Å². The molecule has 1 heterocycles. The van der Waals surface area contributed by atoms with Crippen molar-refractivity contribution >= 4 is 17.3 Å². The lowest BCUT2D eigenvalue weighted by molar-refractivity contribution is 0.414. The third kappa shape index (κ3) is 5.23. The number of ether oxygens (including phenoxy) is 1. The van der Waals surface area contributed by atoms with Gasteiger partial charge in [0.1, 0.15) is 5.75 Å². The Kier molecular flexibility index (Phi) is 7.06. The molecule has 2 aromatic rings. The van der Waals surface area contributed by atoms with Gasteiger partial charge in [0.05, 0.1) is 24.4 Å². The van der Waals surface area contributed by atoms with Crippen LogP contribution in [0.2, 0.25) is 0 Å². The van der Waals surface area contributed by atoms with Gasteiger partial charge in [0, 0.05) is 25.5 Å². The Morgan fingerprint density at radius 3 is 2.62 bits per heavy atom. The van der Waals surface area contributed by atoms with Gasteiger partial charge in [-0.25, -0.2) is 9.98 Å². The number of hydrogen-bond acceptors (Lipinski definition) is 4. The second-order valence-corrected chi connectivity index (χ2v) is 6.40. The average molecular weight is 347 g/mol. The number of aliphatic imine (C=N–C) groups is 1. The van der Waals surface area contributed by atoms with E-state index < -0.39 is 0 Å². The third-order valence-corrected chi connectivity index (χ3v) is 4.61. The number of thiazole rings is 1. The van der Waals surface area contributed by atoms with Crippen LogP contribution in [0.25, 0.3) is 0 Å². The van der Waals surface area contributed by atoms with Crippen molar-refractivity contribution in [3.8, 4) is 5.75 Å². The van der Waals surface area contributed by atoms with Crippen LogP contribution in [-0.2, 0) is 19.5 Å². The van der Waals surface area contributed by atoms with Crippen LogP contribution < -0.4 is 10.1 Å². The molecule has 1 aromatic heterocycles. The summed E-state index contributed by atoms with van der Waals surface area (Å²) in [5.74, 6) is 1.76. The summed E-state index contributed by atoms with van der Waals surface area (Å²) in [6, 6.07) is 8.11. The van der Waals surface area contributed by atoms with Crippen molar-refractivity contribution < 1.29 is 4.74 Å². The van der Waals surface area contributed by atoms with Crippen molar-refractivity contribution in [3.63, 3.8) is 0 Å². The highest BCUT2D eigenvalue weighted by atomic mass is 32.1. The zero-order valence-electron chi connectivity index (χ0n) is 14.9. The molecule has 0 saturated heterocycles. The molecule has 1 aromatic carbocycles. The van der Waals surface area contributed by atoms with E-state index in [0.717, 1.165) is 41.9 Å². The SMILES string of the molecule is CCNC(=NCc1csc(CC)n1)N(C)Cc1ccc(OC)cc1. The van der Waals surface area contributed by atoms with Gasteiger partial charge >= 0.3 is 0 Å². The fourth-order valence-electron chi connectivity index (χ4n) is 2.29. The van der Waals surface area contributed by atoms with E-state index in [4.69, 9.17) is 9.73 Å². The topological polar surface area (TPSA) is 49.8 Å². The fraction of sp³-hybridized carbons (Fsp3) is 0.444. The maximum atomic E-state index is 5.20. The van der Waals surface area contributed by atoms with Crippen LogP contribution >= 0.6 is 11.3 Å². The van der Waals surface area contributed by atoms with E-state index in [9.17, 15) is 0 Å².